The molecule has 2 aliphatic carbocycles. The lowest BCUT2D eigenvalue weighted by Gasteiger charge is -2.59. The number of allylic oxidation sites excluding steroid dienone is 4. The Morgan fingerprint density at radius 2 is 2.11 bits per heavy atom. The maximum Gasteiger partial charge on any atom is 0.308 e. The third-order valence-electron chi connectivity index (χ3n) is 8.38. The number of cyclic esters (lactones) is 1. The van der Waals surface area contributed by atoms with E-state index in [1.165, 1.54) is 49.7 Å². The van der Waals surface area contributed by atoms with E-state index in [1.807, 2.05) is 12.2 Å². The van der Waals surface area contributed by atoms with Crippen LogP contribution in [0, 0.1) is 28.6 Å². The van der Waals surface area contributed by atoms with Gasteiger partial charge in [0, 0.05) is 0 Å². The van der Waals surface area contributed by atoms with Crippen molar-refractivity contribution in [2.24, 2.45) is 28.6 Å². The van der Waals surface area contributed by atoms with Crippen molar-refractivity contribution in [3.63, 3.8) is 0 Å². The summed E-state index contributed by atoms with van der Waals surface area (Å²) in [6.45, 7) is 14.1. The van der Waals surface area contributed by atoms with Crippen LogP contribution in [0.5, 0.6) is 0 Å². The Hall–Kier alpha value is -1.35. The van der Waals surface area contributed by atoms with Gasteiger partial charge in [-0.2, -0.15) is 0 Å². The number of esters is 1. The van der Waals surface area contributed by atoms with Crippen molar-refractivity contribution in [1.82, 2.24) is 0 Å². The van der Waals surface area contributed by atoms with E-state index in [0.29, 0.717) is 10.8 Å². The van der Waals surface area contributed by atoms with Crippen LogP contribution in [0.3, 0.4) is 0 Å². The van der Waals surface area contributed by atoms with E-state index in [0.717, 1.165) is 18.3 Å². The fourth-order valence-electron chi connectivity index (χ4n) is 6.03. The highest BCUT2D eigenvalue weighted by atomic mass is 16.6. The lowest BCUT2D eigenvalue weighted by Crippen LogP contribution is -2.50. The Balaban J connectivity index is 1.64. The zero-order valence-corrected chi connectivity index (χ0v) is 18.2. The van der Waals surface area contributed by atoms with E-state index in [9.17, 15) is 9.90 Å². The zero-order valence-electron chi connectivity index (χ0n) is 18.2. The minimum absolute atomic E-state index is 0.221. The van der Waals surface area contributed by atoms with Gasteiger partial charge in [0.25, 0.3) is 0 Å². The average Bonchev–Trinajstić information content (AvgIpc) is 2.96. The monoisotopic (exact) mass is 386 g/mol. The Bertz CT molecular complexity index is 675. The van der Waals surface area contributed by atoms with Crippen molar-refractivity contribution in [2.45, 2.75) is 85.4 Å². The summed E-state index contributed by atoms with van der Waals surface area (Å²) in [6.07, 6.45) is 14.0. The summed E-state index contributed by atoms with van der Waals surface area (Å²) in [5, 5.41) is 9.69. The predicted octanol–water partition coefficient (Wildman–Crippen LogP) is 5.95. The van der Waals surface area contributed by atoms with E-state index in [1.54, 1.807) is 0 Å². The zero-order chi connectivity index (χ0) is 20.5. The quantitative estimate of drug-likeness (QED) is 0.361. The summed E-state index contributed by atoms with van der Waals surface area (Å²) < 4.78 is 4.79. The highest BCUT2D eigenvalue weighted by Crippen LogP contribution is 2.62. The van der Waals surface area contributed by atoms with Gasteiger partial charge in [-0.05, 0) is 74.5 Å². The summed E-state index contributed by atoms with van der Waals surface area (Å²) in [7, 11) is 0. The number of hydrogen-bond donors (Lipinski definition) is 1. The van der Waals surface area contributed by atoms with E-state index in [2.05, 4.69) is 40.3 Å². The molecule has 3 heteroatoms. The molecule has 3 aliphatic rings. The number of fused-ring (bicyclic) bond motifs is 1. The van der Waals surface area contributed by atoms with E-state index in [-0.39, 0.29) is 18.3 Å². The predicted molar refractivity (Wildman–Crippen MR) is 113 cm³/mol. The average molecular weight is 387 g/mol. The van der Waals surface area contributed by atoms with Gasteiger partial charge in [0.1, 0.15) is 0 Å². The Labute approximate surface area is 170 Å². The lowest BCUT2D eigenvalue weighted by molar-refractivity contribution is -0.155. The summed E-state index contributed by atoms with van der Waals surface area (Å²) >= 11 is 0. The molecule has 0 amide bonds. The van der Waals surface area contributed by atoms with E-state index < -0.39 is 6.29 Å². The summed E-state index contributed by atoms with van der Waals surface area (Å²) in [6, 6.07) is 0. The van der Waals surface area contributed by atoms with Gasteiger partial charge < -0.3 is 9.84 Å². The fraction of sp³-hybridized carbons (Fsp3) is 0.720. The van der Waals surface area contributed by atoms with Crippen molar-refractivity contribution in [1.29, 1.82) is 0 Å². The van der Waals surface area contributed by atoms with Crippen LogP contribution < -0.4 is 0 Å². The maximum atomic E-state index is 11.2. The molecule has 0 aromatic carbocycles. The Morgan fingerprint density at radius 1 is 1.36 bits per heavy atom. The molecule has 1 heterocycles. The molecule has 2 saturated carbocycles. The smallest absolute Gasteiger partial charge is 0.308 e. The number of carbonyl (C=O) groups is 1. The topological polar surface area (TPSA) is 46.5 Å². The standard InChI is InChI=1S/C25H38O3/c1-17(8-6-10-20-16-22(26)28-23(20)27)12-14-24(4)19(3)13-15-25(5)18(2)9-7-11-21(24)25/h6,8,10,19-21,23,27H,2,7,9,11-16H2,1,3-5H3/b10-6+,17-8+/t19-,20-,21-,23-,24+,25+/m1/s1. The molecule has 156 valence electrons. The van der Waals surface area contributed by atoms with Crippen molar-refractivity contribution >= 4 is 5.97 Å². The van der Waals surface area contributed by atoms with Crippen molar-refractivity contribution in [2.75, 3.05) is 0 Å². The summed E-state index contributed by atoms with van der Waals surface area (Å²) in [5.74, 6) is 0.947. The van der Waals surface area contributed by atoms with Crippen LogP contribution in [0.4, 0.5) is 0 Å². The molecule has 1 N–H and O–H groups in total. The Kier molecular flexibility index (Phi) is 6.24. The molecule has 0 spiro atoms. The molecule has 3 rings (SSSR count). The van der Waals surface area contributed by atoms with E-state index >= 15 is 0 Å². The molecule has 0 aromatic heterocycles. The highest BCUT2D eigenvalue weighted by Gasteiger charge is 2.53. The number of hydrogen-bond acceptors (Lipinski definition) is 3. The molecule has 1 saturated heterocycles. The summed E-state index contributed by atoms with van der Waals surface area (Å²) in [5.41, 5.74) is 3.52. The van der Waals surface area contributed by atoms with Crippen LogP contribution in [-0.2, 0) is 9.53 Å². The number of aliphatic hydroxyl groups excluding tert-OH is 1. The fourth-order valence-corrected chi connectivity index (χ4v) is 6.03. The first-order valence-electron chi connectivity index (χ1n) is 11.1. The number of carbonyl (C=O) groups excluding carboxylic acids is 1. The van der Waals surface area contributed by atoms with Crippen LogP contribution in [0.25, 0.3) is 0 Å². The van der Waals surface area contributed by atoms with Crippen molar-refractivity contribution < 1.29 is 14.6 Å². The third kappa shape index (κ3) is 4.01. The lowest BCUT2D eigenvalue weighted by atomic mass is 9.46. The number of rotatable bonds is 5. The molecule has 6 atom stereocenters. The van der Waals surface area contributed by atoms with Crippen LogP contribution in [0.2, 0.25) is 0 Å². The van der Waals surface area contributed by atoms with Crippen molar-refractivity contribution in [3.05, 3.63) is 36.0 Å². The summed E-state index contributed by atoms with van der Waals surface area (Å²) in [4.78, 5) is 11.2. The first kappa shape index (κ1) is 21.4. The maximum absolute atomic E-state index is 11.2. The normalized spacial score (nSPS) is 42.0. The van der Waals surface area contributed by atoms with Gasteiger partial charge in [-0.15, -0.1) is 0 Å². The molecular weight excluding hydrogens is 348 g/mol. The molecule has 0 aromatic rings. The minimum Gasteiger partial charge on any atom is -0.435 e. The van der Waals surface area contributed by atoms with Gasteiger partial charge in [0.2, 0.25) is 6.29 Å². The van der Waals surface area contributed by atoms with Gasteiger partial charge in [-0.25, -0.2) is 0 Å². The molecule has 28 heavy (non-hydrogen) atoms. The van der Waals surface area contributed by atoms with Gasteiger partial charge in [0.05, 0.1) is 12.3 Å². The second kappa shape index (κ2) is 8.18. The molecule has 3 nitrogen and oxygen atoms in total. The first-order valence-corrected chi connectivity index (χ1v) is 11.1. The van der Waals surface area contributed by atoms with Gasteiger partial charge in [-0.1, -0.05) is 56.7 Å². The van der Waals surface area contributed by atoms with Crippen LogP contribution in [0.1, 0.15) is 79.1 Å². The van der Waals surface area contributed by atoms with Crippen molar-refractivity contribution in [3.8, 4) is 0 Å². The molecule has 0 radical (unpaired) electrons. The largest absolute Gasteiger partial charge is 0.435 e. The number of ether oxygens (including phenoxy) is 1. The van der Waals surface area contributed by atoms with E-state index in [4.69, 9.17) is 4.74 Å². The first-order chi connectivity index (χ1) is 13.2. The van der Waals surface area contributed by atoms with Gasteiger partial charge in [-0.3, -0.25) is 4.79 Å². The Morgan fingerprint density at radius 3 is 2.79 bits per heavy atom. The molecule has 1 aliphatic heterocycles. The molecule has 0 unspecified atom stereocenters. The second-order valence-corrected chi connectivity index (χ2v) is 10.1. The SMILES string of the molecule is C=C1CCC[C@@H]2[C@@](C)(CC/C(C)=C/C=C/[C@@H]3CC(=O)O[C@H]3O)[C@H](C)CC[C@@]12C. The number of aliphatic hydroxyl groups is 1. The van der Waals surface area contributed by atoms with Gasteiger partial charge in [0.15, 0.2) is 0 Å². The van der Waals surface area contributed by atoms with Crippen LogP contribution in [-0.4, -0.2) is 17.4 Å². The molecule has 3 fully saturated rings. The van der Waals surface area contributed by atoms with Crippen LogP contribution in [0.15, 0.2) is 36.0 Å². The highest BCUT2D eigenvalue weighted by molar-refractivity contribution is 5.72. The van der Waals surface area contributed by atoms with Crippen LogP contribution >= 0.6 is 0 Å². The molecule has 0 bridgehead atoms. The van der Waals surface area contributed by atoms with Gasteiger partial charge >= 0.3 is 5.97 Å². The molecular formula is C25H38O3. The third-order valence-corrected chi connectivity index (χ3v) is 8.38. The second-order valence-electron chi connectivity index (χ2n) is 10.1. The minimum atomic E-state index is -0.989.